The Kier molecular flexibility index (Phi) is 4.56. The number of nitrogens with one attached hydrogen (secondary N) is 2. The van der Waals surface area contributed by atoms with Crippen LogP contribution in [0.15, 0.2) is 48.5 Å². The van der Waals surface area contributed by atoms with Gasteiger partial charge < -0.3 is 22.8 Å². The maximum Gasteiger partial charge on any atom is 0.231 e. The topological polar surface area (TPSA) is 46.4 Å². The first-order chi connectivity index (χ1) is 9.63. The molecule has 0 radical (unpaired) electrons. The van der Waals surface area contributed by atoms with Crippen molar-refractivity contribution in [3.05, 3.63) is 59.2 Å². The zero-order valence-corrected chi connectivity index (χ0v) is 12.8. The van der Waals surface area contributed by atoms with Gasteiger partial charge in [0.1, 0.15) is 10.8 Å². The summed E-state index contributed by atoms with van der Waals surface area (Å²) in [5.74, 6) is 0.233. The predicted molar refractivity (Wildman–Crippen MR) is 81.6 cm³/mol. The van der Waals surface area contributed by atoms with E-state index in [0.29, 0.717) is 5.02 Å². The van der Waals surface area contributed by atoms with Crippen LogP contribution in [0.1, 0.15) is 5.69 Å². The summed E-state index contributed by atoms with van der Waals surface area (Å²) in [6.45, 7) is 1.98. The van der Waals surface area contributed by atoms with Crippen molar-refractivity contribution in [2.75, 3.05) is 5.32 Å². The summed E-state index contributed by atoms with van der Waals surface area (Å²) < 4.78 is 0. The summed E-state index contributed by atoms with van der Waals surface area (Å²) in [6, 6.07) is 14.8. The molecular weight excluding hydrogens is 307 g/mol. The van der Waals surface area contributed by atoms with Gasteiger partial charge in [0.2, 0.25) is 5.52 Å². The van der Waals surface area contributed by atoms with Crippen molar-refractivity contribution < 1.29 is 22.5 Å². The first kappa shape index (κ1) is 15.4. The molecule has 3 aromatic rings. The predicted octanol–water partition coefficient (Wildman–Crippen LogP) is 1.07. The molecule has 0 aliphatic heterocycles. The third-order valence-corrected chi connectivity index (χ3v) is 3.43. The molecule has 1 heterocycles. The molecule has 0 aliphatic carbocycles. The Morgan fingerprint density at radius 2 is 1.86 bits per heavy atom. The Labute approximate surface area is 134 Å². The molecule has 0 unspecified atom stereocenters. The van der Waals surface area contributed by atoms with E-state index in [-0.39, 0.29) is 18.2 Å². The lowest BCUT2D eigenvalue weighted by Crippen LogP contribution is -3.00. The van der Waals surface area contributed by atoms with E-state index >= 15 is 0 Å². The summed E-state index contributed by atoms with van der Waals surface area (Å²) >= 11 is 6.23. The van der Waals surface area contributed by atoms with Crippen molar-refractivity contribution in [2.24, 2.45) is 0 Å². The average molecular weight is 321 g/mol. The van der Waals surface area contributed by atoms with E-state index in [0.717, 1.165) is 28.0 Å². The highest BCUT2D eigenvalue weighted by Gasteiger charge is 2.12. The lowest BCUT2D eigenvalue weighted by Gasteiger charge is -2.09. The van der Waals surface area contributed by atoms with Crippen LogP contribution >= 0.6 is 11.6 Å². The van der Waals surface area contributed by atoms with Gasteiger partial charge in [-0.05, 0) is 24.3 Å². The molecule has 108 valence electrons. The molecule has 0 amide bonds. The van der Waals surface area contributed by atoms with E-state index in [2.05, 4.69) is 10.3 Å². The number of anilines is 2. The maximum absolute atomic E-state index is 9.54. The second kappa shape index (κ2) is 6.20. The zero-order valence-electron chi connectivity index (χ0n) is 11.3. The van der Waals surface area contributed by atoms with Crippen LogP contribution in [0.2, 0.25) is 5.02 Å². The molecule has 3 rings (SSSR count). The van der Waals surface area contributed by atoms with Crippen molar-refractivity contribution in [2.45, 2.75) is 6.92 Å². The summed E-state index contributed by atoms with van der Waals surface area (Å²) in [5.41, 5.74) is 3.69. The number of rotatable bonds is 2. The summed E-state index contributed by atoms with van der Waals surface area (Å²) in [6.07, 6.45) is 0. The van der Waals surface area contributed by atoms with Gasteiger partial charge in [-0.1, -0.05) is 23.7 Å². The van der Waals surface area contributed by atoms with Crippen molar-refractivity contribution in [3.63, 3.8) is 0 Å². The van der Waals surface area contributed by atoms with Crippen LogP contribution in [0, 0.1) is 6.92 Å². The molecule has 1 aromatic heterocycles. The molecule has 5 heteroatoms. The number of aromatic nitrogens is 1. The van der Waals surface area contributed by atoms with Crippen LogP contribution in [-0.4, -0.2) is 5.11 Å². The summed E-state index contributed by atoms with van der Waals surface area (Å²) in [4.78, 5) is 3.27. The van der Waals surface area contributed by atoms with Crippen molar-refractivity contribution in [1.29, 1.82) is 0 Å². The third-order valence-electron chi connectivity index (χ3n) is 3.11. The number of pyridine rings is 1. The minimum atomic E-state index is 0. The molecule has 0 aliphatic rings. The van der Waals surface area contributed by atoms with Crippen LogP contribution in [0.5, 0.6) is 5.75 Å². The van der Waals surface area contributed by atoms with Crippen LogP contribution in [0.4, 0.5) is 11.4 Å². The fraction of sp³-hybridized carbons (Fsp3) is 0.0625. The Balaban J connectivity index is 0.00000161. The van der Waals surface area contributed by atoms with Gasteiger partial charge in [-0.2, -0.15) is 0 Å². The van der Waals surface area contributed by atoms with Crippen LogP contribution in [0.3, 0.4) is 0 Å². The molecule has 0 saturated heterocycles. The second-order valence-electron chi connectivity index (χ2n) is 4.70. The fourth-order valence-corrected chi connectivity index (χ4v) is 2.47. The molecule has 0 saturated carbocycles. The number of phenols is 1. The number of aromatic hydroxyl groups is 1. The average Bonchev–Trinajstić information content (AvgIpc) is 2.40. The van der Waals surface area contributed by atoms with Crippen LogP contribution in [-0.2, 0) is 0 Å². The van der Waals surface area contributed by atoms with Gasteiger partial charge in [0, 0.05) is 24.7 Å². The number of para-hydroxylation sites is 1. The van der Waals surface area contributed by atoms with Gasteiger partial charge in [0.15, 0.2) is 5.69 Å². The quantitative estimate of drug-likeness (QED) is 0.742. The Morgan fingerprint density at radius 3 is 2.62 bits per heavy atom. The highest BCUT2D eigenvalue weighted by atomic mass is 35.5. The molecule has 2 aromatic carbocycles. The van der Waals surface area contributed by atoms with E-state index in [1.165, 1.54) is 0 Å². The normalized spacial score (nSPS) is 10.2. The Bertz CT molecular complexity index is 790. The number of fused-ring (bicyclic) bond motifs is 1. The number of phenolic OH excluding ortho intramolecular Hbond substituents is 1. The van der Waals surface area contributed by atoms with Crippen LogP contribution < -0.4 is 22.7 Å². The number of halogens is 2. The molecule has 21 heavy (non-hydrogen) atoms. The number of benzene rings is 2. The number of H-pyrrole nitrogens is 1. The molecule has 0 bridgehead atoms. The SMILES string of the molecule is Cc1cc(Nc2cccc(O)c2)c2cccc(Cl)c2[nH+]1.[Cl-]. The number of hydrogen-bond acceptors (Lipinski definition) is 2. The molecule has 3 N–H and O–H groups in total. The smallest absolute Gasteiger partial charge is 0.231 e. The molecule has 0 spiro atoms. The molecular formula is C16H14Cl2N2O. The van der Waals surface area contributed by atoms with E-state index in [9.17, 15) is 5.11 Å². The van der Waals surface area contributed by atoms with Gasteiger partial charge in [0.05, 0.1) is 11.1 Å². The lowest BCUT2D eigenvalue weighted by molar-refractivity contribution is -0.354. The highest BCUT2D eigenvalue weighted by molar-refractivity contribution is 6.35. The number of aryl methyl sites for hydroxylation is 1. The molecule has 3 nitrogen and oxygen atoms in total. The van der Waals surface area contributed by atoms with Gasteiger partial charge in [0.25, 0.3) is 0 Å². The van der Waals surface area contributed by atoms with E-state index in [1.54, 1.807) is 18.2 Å². The number of hydrogen-bond donors (Lipinski definition) is 2. The molecule has 0 fully saturated rings. The van der Waals surface area contributed by atoms with E-state index < -0.39 is 0 Å². The zero-order chi connectivity index (χ0) is 14.1. The fourth-order valence-electron chi connectivity index (χ4n) is 2.25. The third kappa shape index (κ3) is 3.20. The summed E-state index contributed by atoms with van der Waals surface area (Å²) in [5, 5.41) is 14.5. The van der Waals surface area contributed by atoms with Crippen molar-refractivity contribution in [1.82, 2.24) is 0 Å². The van der Waals surface area contributed by atoms with Crippen molar-refractivity contribution >= 4 is 33.9 Å². The lowest BCUT2D eigenvalue weighted by atomic mass is 10.1. The summed E-state index contributed by atoms with van der Waals surface area (Å²) in [7, 11) is 0. The highest BCUT2D eigenvalue weighted by Crippen LogP contribution is 2.29. The minimum Gasteiger partial charge on any atom is -1.00 e. The van der Waals surface area contributed by atoms with E-state index in [4.69, 9.17) is 11.6 Å². The van der Waals surface area contributed by atoms with Gasteiger partial charge >= 0.3 is 0 Å². The Hall–Kier alpha value is -1.97. The van der Waals surface area contributed by atoms with Crippen molar-refractivity contribution in [3.8, 4) is 5.75 Å². The second-order valence-corrected chi connectivity index (χ2v) is 5.11. The van der Waals surface area contributed by atoms with E-state index in [1.807, 2.05) is 37.3 Å². The van der Waals surface area contributed by atoms with Gasteiger partial charge in [-0.25, -0.2) is 4.98 Å². The van der Waals surface area contributed by atoms with Gasteiger partial charge in [-0.15, -0.1) is 0 Å². The number of aromatic amines is 1. The monoisotopic (exact) mass is 320 g/mol. The van der Waals surface area contributed by atoms with Crippen LogP contribution in [0.25, 0.3) is 10.9 Å². The maximum atomic E-state index is 9.54. The first-order valence-electron chi connectivity index (χ1n) is 6.31. The largest absolute Gasteiger partial charge is 1.00 e. The van der Waals surface area contributed by atoms with Gasteiger partial charge in [-0.3, -0.25) is 0 Å². The standard InChI is InChI=1S/C16H13ClN2O.ClH/c1-10-8-15(19-11-4-2-5-12(20)9-11)13-6-3-7-14(17)16(13)18-10;/h2-9,20H,1H3,(H,18,19);1H. The Morgan fingerprint density at radius 1 is 1.10 bits per heavy atom. The minimum absolute atomic E-state index is 0. The molecule has 0 atom stereocenters. The first-order valence-corrected chi connectivity index (χ1v) is 6.68.